The maximum atomic E-state index is 12.0. The molecule has 1 aromatic heterocycles. The van der Waals surface area contributed by atoms with Crippen LogP contribution in [-0.2, 0) is 4.79 Å². The minimum Gasteiger partial charge on any atom is -0.497 e. The maximum absolute atomic E-state index is 12.0. The molecule has 0 aliphatic carbocycles. The quantitative estimate of drug-likeness (QED) is 0.431. The fourth-order valence-electron chi connectivity index (χ4n) is 2.78. The van der Waals surface area contributed by atoms with Crippen molar-refractivity contribution in [3.05, 3.63) is 53.9 Å². The van der Waals surface area contributed by atoms with Crippen LogP contribution in [0.15, 0.2) is 53.9 Å². The summed E-state index contributed by atoms with van der Waals surface area (Å²) in [6.07, 6.45) is 3.68. The van der Waals surface area contributed by atoms with Gasteiger partial charge in [-0.05, 0) is 42.8 Å². The van der Waals surface area contributed by atoms with Gasteiger partial charge in [0.2, 0.25) is 5.91 Å². The number of amides is 1. The molecule has 1 amide bonds. The topological polar surface area (TPSA) is 63.2 Å². The number of carbonyl (C=O) groups is 1. The van der Waals surface area contributed by atoms with E-state index in [1.165, 1.54) is 0 Å². The van der Waals surface area contributed by atoms with Gasteiger partial charge in [-0.3, -0.25) is 4.79 Å². The molecule has 5 nitrogen and oxygen atoms in total. The summed E-state index contributed by atoms with van der Waals surface area (Å²) in [7, 11) is 1.65. The Morgan fingerprint density at radius 2 is 1.93 bits per heavy atom. The summed E-state index contributed by atoms with van der Waals surface area (Å²) >= 11 is 1.54. The van der Waals surface area contributed by atoms with Gasteiger partial charge in [0.15, 0.2) is 5.13 Å². The summed E-state index contributed by atoms with van der Waals surface area (Å²) < 4.78 is 5.18. The van der Waals surface area contributed by atoms with Gasteiger partial charge in [-0.25, -0.2) is 4.98 Å². The van der Waals surface area contributed by atoms with E-state index in [-0.39, 0.29) is 5.91 Å². The first kappa shape index (κ1) is 19.9. The largest absolute Gasteiger partial charge is 0.497 e. The average molecular weight is 396 g/mol. The molecule has 0 aliphatic heterocycles. The van der Waals surface area contributed by atoms with E-state index in [2.05, 4.69) is 22.5 Å². The minimum absolute atomic E-state index is 0.0609. The number of methoxy groups -OCH3 is 1. The van der Waals surface area contributed by atoms with Gasteiger partial charge in [0.25, 0.3) is 0 Å². The summed E-state index contributed by atoms with van der Waals surface area (Å²) in [6, 6.07) is 15.5. The Hall–Kier alpha value is -2.86. The zero-order valence-corrected chi connectivity index (χ0v) is 17.0. The Morgan fingerprint density at radius 3 is 2.68 bits per heavy atom. The monoisotopic (exact) mass is 395 g/mol. The number of benzene rings is 2. The maximum Gasteiger partial charge on any atom is 0.224 e. The molecule has 0 unspecified atom stereocenters. The highest BCUT2D eigenvalue weighted by Gasteiger charge is 2.08. The van der Waals surface area contributed by atoms with Crippen molar-refractivity contribution in [2.75, 3.05) is 17.7 Å². The van der Waals surface area contributed by atoms with Crippen LogP contribution in [0.1, 0.15) is 32.6 Å². The SMILES string of the molecule is CCCCCC(=O)Nc1cccc(-c2csc(Nc3ccc(OC)cc3)n2)c1. The van der Waals surface area contributed by atoms with E-state index >= 15 is 0 Å². The number of hydrogen-bond acceptors (Lipinski definition) is 5. The molecule has 0 bridgehead atoms. The highest BCUT2D eigenvalue weighted by atomic mass is 32.1. The molecule has 0 saturated heterocycles. The molecular formula is C22H25N3O2S. The Kier molecular flexibility index (Phi) is 7.03. The van der Waals surface area contributed by atoms with Gasteiger partial charge in [0, 0.05) is 28.7 Å². The van der Waals surface area contributed by atoms with Crippen molar-refractivity contribution < 1.29 is 9.53 Å². The second-order valence-electron chi connectivity index (χ2n) is 6.48. The van der Waals surface area contributed by atoms with E-state index in [9.17, 15) is 4.79 Å². The predicted octanol–water partition coefficient (Wildman–Crippen LogP) is 6.08. The van der Waals surface area contributed by atoms with E-state index in [0.717, 1.165) is 52.8 Å². The standard InChI is InChI=1S/C22H25N3O2S/c1-3-4-5-9-21(26)23-18-8-6-7-16(14-18)20-15-28-22(25-20)24-17-10-12-19(27-2)13-11-17/h6-8,10-15H,3-5,9H2,1-2H3,(H,23,26)(H,24,25). The third kappa shape index (κ3) is 5.57. The normalized spacial score (nSPS) is 10.5. The molecule has 0 radical (unpaired) electrons. The van der Waals surface area contributed by atoms with Gasteiger partial charge in [0.05, 0.1) is 12.8 Å². The number of thiazole rings is 1. The van der Waals surface area contributed by atoms with E-state index < -0.39 is 0 Å². The van der Waals surface area contributed by atoms with Crippen molar-refractivity contribution in [3.63, 3.8) is 0 Å². The third-order valence-corrected chi connectivity index (χ3v) is 5.05. The highest BCUT2D eigenvalue weighted by molar-refractivity contribution is 7.14. The summed E-state index contributed by atoms with van der Waals surface area (Å²) in [5, 5.41) is 9.10. The van der Waals surface area contributed by atoms with Crippen molar-refractivity contribution >= 4 is 33.8 Å². The lowest BCUT2D eigenvalue weighted by atomic mass is 10.1. The van der Waals surface area contributed by atoms with E-state index in [1.54, 1.807) is 18.4 Å². The van der Waals surface area contributed by atoms with Gasteiger partial charge < -0.3 is 15.4 Å². The molecule has 28 heavy (non-hydrogen) atoms. The molecule has 2 aromatic carbocycles. The zero-order valence-electron chi connectivity index (χ0n) is 16.2. The lowest BCUT2D eigenvalue weighted by Gasteiger charge is -2.06. The fourth-order valence-corrected chi connectivity index (χ4v) is 3.52. The van der Waals surface area contributed by atoms with Crippen molar-refractivity contribution in [1.82, 2.24) is 4.98 Å². The van der Waals surface area contributed by atoms with Crippen molar-refractivity contribution in [3.8, 4) is 17.0 Å². The van der Waals surface area contributed by atoms with Gasteiger partial charge in [-0.15, -0.1) is 11.3 Å². The first-order valence-corrected chi connectivity index (χ1v) is 10.3. The number of hydrogen-bond donors (Lipinski definition) is 2. The summed E-state index contributed by atoms with van der Waals surface area (Å²) in [5.41, 5.74) is 3.61. The Morgan fingerprint density at radius 1 is 1.11 bits per heavy atom. The third-order valence-electron chi connectivity index (χ3n) is 4.29. The van der Waals surface area contributed by atoms with Crippen LogP contribution >= 0.6 is 11.3 Å². The first-order valence-electron chi connectivity index (χ1n) is 9.45. The van der Waals surface area contributed by atoms with Crippen molar-refractivity contribution in [1.29, 1.82) is 0 Å². The summed E-state index contributed by atoms with van der Waals surface area (Å²) in [6.45, 7) is 2.13. The number of nitrogens with zero attached hydrogens (tertiary/aromatic N) is 1. The first-order chi connectivity index (χ1) is 13.7. The second-order valence-corrected chi connectivity index (χ2v) is 7.34. The molecule has 3 rings (SSSR count). The number of anilines is 3. The molecule has 3 aromatic rings. The van der Waals surface area contributed by atoms with Crippen molar-refractivity contribution in [2.24, 2.45) is 0 Å². The number of ether oxygens (including phenoxy) is 1. The molecule has 0 fully saturated rings. The molecule has 146 valence electrons. The van der Waals surface area contributed by atoms with Crippen molar-refractivity contribution in [2.45, 2.75) is 32.6 Å². The minimum atomic E-state index is 0.0609. The van der Waals surface area contributed by atoms with Gasteiger partial charge >= 0.3 is 0 Å². The molecule has 6 heteroatoms. The van der Waals surface area contributed by atoms with Crippen LogP contribution in [-0.4, -0.2) is 18.0 Å². The van der Waals surface area contributed by atoms with Crippen LogP contribution < -0.4 is 15.4 Å². The second kappa shape index (κ2) is 9.90. The lowest BCUT2D eigenvalue weighted by Crippen LogP contribution is -2.10. The molecular weight excluding hydrogens is 370 g/mol. The number of aromatic nitrogens is 1. The van der Waals surface area contributed by atoms with E-state index in [1.807, 2.05) is 53.9 Å². The Balaban J connectivity index is 1.64. The summed E-state index contributed by atoms with van der Waals surface area (Å²) in [5.74, 6) is 0.879. The van der Waals surface area contributed by atoms with Crippen LogP contribution in [0.25, 0.3) is 11.3 Å². The van der Waals surface area contributed by atoms with Gasteiger partial charge in [-0.1, -0.05) is 31.9 Å². The summed E-state index contributed by atoms with van der Waals surface area (Å²) in [4.78, 5) is 16.7. The van der Waals surface area contributed by atoms with E-state index in [4.69, 9.17) is 4.74 Å². The van der Waals surface area contributed by atoms with Gasteiger partial charge in [0.1, 0.15) is 5.75 Å². The zero-order chi connectivity index (χ0) is 19.8. The molecule has 0 spiro atoms. The van der Waals surface area contributed by atoms with Crippen LogP contribution in [0.5, 0.6) is 5.75 Å². The van der Waals surface area contributed by atoms with Crippen LogP contribution in [0, 0.1) is 0 Å². The van der Waals surface area contributed by atoms with Gasteiger partial charge in [-0.2, -0.15) is 0 Å². The Bertz CT molecular complexity index is 906. The molecule has 0 saturated carbocycles. The molecule has 1 heterocycles. The van der Waals surface area contributed by atoms with Crippen LogP contribution in [0.2, 0.25) is 0 Å². The number of carbonyl (C=O) groups excluding carboxylic acids is 1. The molecule has 2 N–H and O–H groups in total. The number of unbranched alkanes of at least 4 members (excludes halogenated alkanes) is 2. The number of rotatable bonds is 9. The predicted molar refractivity (Wildman–Crippen MR) is 117 cm³/mol. The van der Waals surface area contributed by atoms with Crippen LogP contribution in [0.3, 0.4) is 0 Å². The fraction of sp³-hybridized carbons (Fsp3) is 0.273. The average Bonchev–Trinajstić information content (AvgIpc) is 3.17. The lowest BCUT2D eigenvalue weighted by molar-refractivity contribution is -0.116. The Labute approximate surface area is 169 Å². The highest BCUT2D eigenvalue weighted by Crippen LogP contribution is 2.29. The van der Waals surface area contributed by atoms with E-state index in [0.29, 0.717) is 6.42 Å². The smallest absolute Gasteiger partial charge is 0.224 e. The van der Waals surface area contributed by atoms with Crippen LogP contribution in [0.4, 0.5) is 16.5 Å². The number of nitrogens with one attached hydrogen (secondary N) is 2. The molecule has 0 aliphatic rings. The molecule has 0 atom stereocenters.